The Morgan fingerprint density at radius 1 is 1.22 bits per heavy atom. The Morgan fingerprint density at radius 3 is 2.61 bits per heavy atom. The average Bonchev–Trinajstić information content (AvgIpc) is 2.28. The summed E-state index contributed by atoms with van der Waals surface area (Å²) in [4.78, 5) is 2.53. The molecule has 2 nitrogen and oxygen atoms in total. The first-order chi connectivity index (χ1) is 8.53. The van der Waals surface area contributed by atoms with Crippen molar-refractivity contribution >= 4 is 8.32 Å². The van der Waals surface area contributed by atoms with Crippen molar-refractivity contribution in [1.29, 1.82) is 0 Å². The highest BCUT2D eigenvalue weighted by Crippen LogP contribution is 2.19. The van der Waals surface area contributed by atoms with Gasteiger partial charge in [0.15, 0.2) is 8.32 Å². The molecule has 1 saturated heterocycles. The van der Waals surface area contributed by atoms with Crippen molar-refractivity contribution in [3.05, 3.63) is 35.9 Å². The van der Waals surface area contributed by atoms with E-state index in [9.17, 15) is 0 Å². The van der Waals surface area contributed by atoms with Crippen LogP contribution in [0.3, 0.4) is 0 Å². The highest BCUT2D eigenvalue weighted by atomic mass is 28.4. The zero-order valence-electron chi connectivity index (χ0n) is 11.9. The van der Waals surface area contributed by atoms with Gasteiger partial charge in [0.25, 0.3) is 0 Å². The van der Waals surface area contributed by atoms with Crippen molar-refractivity contribution in [2.24, 2.45) is 0 Å². The van der Waals surface area contributed by atoms with Gasteiger partial charge in [0.1, 0.15) is 0 Å². The van der Waals surface area contributed by atoms with Crippen LogP contribution in [-0.4, -0.2) is 32.4 Å². The molecule has 0 aromatic heterocycles. The summed E-state index contributed by atoms with van der Waals surface area (Å²) in [6.07, 6.45) is 2.95. The van der Waals surface area contributed by atoms with E-state index in [4.69, 9.17) is 4.43 Å². The Morgan fingerprint density at radius 2 is 1.94 bits per heavy atom. The van der Waals surface area contributed by atoms with Gasteiger partial charge in [-0.25, -0.2) is 0 Å². The van der Waals surface area contributed by atoms with Crippen LogP contribution in [0.2, 0.25) is 19.6 Å². The summed E-state index contributed by atoms with van der Waals surface area (Å²) < 4.78 is 6.24. The summed E-state index contributed by atoms with van der Waals surface area (Å²) in [7, 11) is -1.39. The van der Waals surface area contributed by atoms with Crippen LogP contribution in [0, 0.1) is 0 Å². The van der Waals surface area contributed by atoms with E-state index in [1.165, 1.54) is 24.9 Å². The molecular formula is C15H25NOSi. The van der Waals surface area contributed by atoms with Crippen LogP contribution in [0.1, 0.15) is 18.4 Å². The van der Waals surface area contributed by atoms with E-state index in [1.54, 1.807) is 0 Å². The molecule has 1 unspecified atom stereocenters. The third-order valence-electron chi connectivity index (χ3n) is 3.23. The lowest BCUT2D eigenvalue weighted by Crippen LogP contribution is -2.43. The van der Waals surface area contributed by atoms with Gasteiger partial charge < -0.3 is 4.43 Å². The minimum absolute atomic E-state index is 0.453. The molecule has 1 atom stereocenters. The molecule has 100 valence electrons. The first kappa shape index (κ1) is 13.8. The molecule has 0 amide bonds. The average molecular weight is 263 g/mol. The lowest BCUT2D eigenvalue weighted by molar-refractivity contribution is 0.0793. The zero-order chi connectivity index (χ0) is 13.0. The minimum Gasteiger partial charge on any atom is -0.413 e. The molecular weight excluding hydrogens is 238 g/mol. The topological polar surface area (TPSA) is 12.5 Å². The molecule has 2 rings (SSSR count). The lowest BCUT2D eigenvalue weighted by atomic mass is 10.1. The highest BCUT2D eigenvalue weighted by Gasteiger charge is 2.25. The van der Waals surface area contributed by atoms with Gasteiger partial charge in [-0.1, -0.05) is 30.3 Å². The van der Waals surface area contributed by atoms with Gasteiger partial charge in [-0.05, 0) is 44.6 Å². The van der Waals surface area contributed by atoms with Gasteiger partial charge in [-0.15, -0.1) is 0 Å². The Kier molecular flexibility index (Phi) is 4.59. The fraction of sp³-hybridized carbons (Fsp3) is 0.600. The molecule has 0 bridgehead atoms. The first-order valence-electron chi connectivity index (χ1n) is 6.97. The fourth-order valence-corrected chi connectivity index (χ4v) is 3.79. The normalized spacial score (nSPS) is 22.1. The molecule has 0 radical (unpaired) electrons. The minimum atomic E-state index is -1.39. The number of piperidine rings is 1. The number of nitrogens with zero attached hydrogens (tertiary/aromatic N) is 1. The number of hydrogen-bond acceptors (Lipinski definition) is 2. The summed E-state index contributed by atoms with van der Waals surface area (Å²) in [5.74, 6) is 0. The number of rotatable bonds is 4. The van der Waals surface area contributed by atoms with Crippen LogP contribution < -0.4 is 0 Å². The largest absolute Gasteiger partial charge is 0.413 e. The summed E-state index contributed by atoms with van der Waals surface area (Å²) in [5.41, 5.74) is 1.41. The van der Waals surface area contributed by atoms with Crippen LogP contribution in [0.25, 0.3) is 0 Å². The fourth-order valence-electron chi connectivity index (χ4n) is 2.59. The Hall–Kier alpha value is -0.643. The van der Waals surface area contributed by atoms with Gasteiger partial charge in [-0.3, -0.25) is 4.90 Å². The molecule has 0 spiro atoms. The molecule has 1 aromatic carbocycles. The molecule has 1 aliphatic heterocycles. The molecule has 18 heavy (non-hydrogen) atoms. The molecule has 0 N–H and O–H groups in total. The number of hydrogen-bond donors (Lipinski definition) is 0. The van der Waals surface area contributed by atoms with Crippen molar-refractivity contribution in [1.82, 2.24) is 4.90 Å². The van der Waals surface area contributed by atoms with Crippen molar-refractivity contribution < 1.29 is 4.43 Å². The van der Waals surface area contributed by atoms with E-state index < -0.39 is 8.32 Å². The number of likely N-dealkylation sites (tertiary alicyclic amines) is 1. The second kappa shape index (κ2) is 6.00. The third-order valence-corrected chi connectivity index (χ3v) is 4.27. The maximum atomic E-state index is 6.24. The SMILES string of the molecule is C[Si](C)(C)OC1CCCN(Cc2ccccc2)C1. The Balaban J connectivity index is 1.87. The zero-order valence-corrected chi connectivity index (χ0v) is 12.9. The summed E-state index contributed by atoms with van der Waals surface area (Å²) in [6, 6.07) is 10.7. The van der Waals surface area contributed by atoms with Crippen LogP contribution in [0.5, 0.6) is 0 Å². The molecule has 0 saturated carbocycles. The quantitative estimate of drug-likeness (QED) is 0.771. The Labute approximate surface area is 112 Å². The van der Waals surface area contributed by atoms with Gasteiger partial charge in [0.2, 0.25) is 0 Å². The number of benzene rings is 1. The van der Waals surface area contributed by atoms with Crippen LogP contribution >= 0.6 is 0 Å². The van der Waals surface area contributed by atoms with Crippen LogP contribution in [0.4, 0.5) is 0 Å². The van der Waals surface area contributed by atoms with E-state index in [0.29, 0.717) is 6.10 Å². The van der Waals surface area contributed by atoms with Gasteiger partial charge in [0, 0.05) is 13.1 Å². The smallest absolute Gasteiger partial charge is 0.184 e. The van der Waals surface area contributed by atoms with Gasteiger partial charge in [0.05, 0.1) is 6.10 Å². The lowest BCUT2D eigenvalue weighted by Gasteiger charge is -2.36. The van der Waals surface area contributed by atoms with E-state index >= 15 is 0 Å². The van der Waals surface area contributed by atoms with Crippen LogP contribution in [0.15, 0.2) is 30.3 Å². The molecule has 1 fully saturated rings. The van der Waals surface area contributed by atoms with E-state index in [1.807, 2.05) is 0 Å². The van der Waals surface area contributed by atoms with Crippen molar-refractivity contribution in [3.63, 3.8) is 0 Å². The van der Waals surface area contributed by atoms with Crippen molar-refractivity contribution in [3.8, 4) is 0 Å². The second-order valence-electron chi connectivity index (χ2n) is 6.22. The van der Waals surface area contributed by atoms with Gasteiger partial charge in [-0.2, -0.15) is 0 Å². The highest BCUT2D eigenvalue weighted by molar-refractivity contribution is 6.69. The van der Waals surface area contributed by atoms with E-state index in [0.717, 1.165) is 13.1 Å². The molecule has 0 aliphatic carbocycles. The molecule has 1 heterocycles. The summed E-state index contributed by atoms with van der Waals surface area (Å²) >= 11 is 0. The predicted octanol–water partition coefficient (Wildman–Crippen LogP) is 3.50. The van der Waals surface area contributed by atoms with E-state index in [-0.39, 0.29) is 0 Å². The summed E-state index contributed by atoms with van der Waals surface area (Å²) in [5, 5.41) is 0. The van der Waals surface area contributed by atoms with E-state index in [2.05, 4.69) is 54.9 Å². The first-order valence-corrected chi connectivity index (χ1v) is 10.4. The van der Waals surface area contributed by atoms with Crippen molar-refractivity contribution in [2.75, 3.05) is 13.1 Å². The third kappa shape index (κ3) is 4.56. The Bertz CT molecular complexity index is 361. The van der Waals surface area contributed by atoms with Gasteiger partial charge >= 0.3 is 0 Å². The molecule has 1 aromatic rings. The monoisotopic (exact) mass is 263 g/mol. The standard InChI is InChI=1S/C15H25NOSi/c1-18(2,3)17-15-10-7-11-16(13-15)12-14-8-5-4-6-9-14/h4-6,8-9,15H,7,10-13H2,1-3H3. The predicted molar refractivity (Wildman–Crippen MR) is 79.2 cm³/mol. The van der Waals surface area contributed by atoms with Crippen LogP contribution in [-0.2, 0) is 11.0 Å². The molecule has 1 aliphatic rings. The second-order valence-corrected chi connectivity index (χ2v) is 10.7. The maximum absolute atomic E-state index is 6.24. The molecule has 3 heteroatoms. The maximum Gasteiger partial charge on any atom is 0.184 e. The van der Waals surface area contributed by atoms with Crippen molar-refractivity contribution in [2.45, 2.75) is 45.1 Å². The summed E-state index contributed by atoms with van der Waals surface area (Å²) in [6.45, 7) is 10.2.